The fourth-order valence-corrected chi connectivity index (χ4v) is 1.70. The molecule has 1 radical (unpaired) electrons. The third-order valence-electron chi connectivity index (χ3n) is 2.89. The van der Waals surface area contributed by atoms with Gasteiger partial charge in [-0.1, -0.05) is 23.4 Å². The standard InChI is InChI=1S/C15H7F7NO/c16-10-9(11(17)13(19)14(20)12(10)18)6-24-23-5-7-2-1-3-8(4-7)15(21)22/h1-4,15H,6H2. The summed E-state index contributed by atoms with van der Waals surface area (Å²) < 4.78 is 90.4. The summed E-state index contributed by atoms with van der Waals surface area (Å²) in [6, 6.07) is 4.84. The Morgan fingerprint density at radius 3 is 2.08 bits per heavy atom. The van der Waals surface area contributed by atoms with Crippen molar-refractivity contribution in [1.82, 2.24) is 0 Å². The van der Waals surface area contributed by atoms with Crippen molar-refractivity contribution < 1.29 is 35.6 Å². The summed E-state index contributed by atoms with van der Waals surface area (Å²) in [6.45, 7) is -1.06. The maximum absolute atomic E-state index is 13.3. The van der Waals surface area contributed by atoms with Crippen molar-refractivity contribution in [3.8, 4) is 0 Å². The Kier molecular flexibility index (Phi) is 5.42. The van der Waals surface area contributed by atoms with Crippen molar-refractivity contribution in [3.05, 3.63) is 70.0 Å². The Morgan fingerprint density at radius 1 is 0.917 bits per heavy atom. The molecule has 127 valence electrons. The second-order valence-electron chi connectivity index (χ2n) is 4.45. The number of benzene rings is 2. The first kappa shape index (κ1) is 17.8. The normalized spacial score (nSPS) is 11.5. The molecule has 0 unspecified atom stereocenters. The Labute approximate surface area is 131 Å². The first-order valence-electron chi connectivity index (χ1n) is 6.29. The lowest BCUT2D eigenvalue weighted by molar-refractivity contribution is 0.124. The summed E-state index contributed by atoms with van der Waals surface area (Å²) in [7, 11) is 0. The SMILES string of the molecule is Fc1c(F)c(F)c(CO/N=[C]\c2cccc(C(F)F)c2)c(F)c1F. The van der Waals surface area contributed by atoms with Gasteiger partial charge in [0.15, 0.2) is 23.3 Å². The van der Waals surface area contributed by atoms with Gasteiger partial charge in [0.2, 0.25) is 5.82 Å². The highest BCUT2D eigenvalue weighted by atomic mass is 19.3. The van der Waals surface area contributed by atoms with Crippen molar-refractivity contribution in [1.29, 1.82) is 0 Å². The van der Waals surface area contributed by atoms with E-state index in [4.69, 9.17) is 0 Å². The fraction of sp³-hybridized carbons (Fsp3) is 0.133. The molecule has 2 aromatic rings. The van der Waals surface area contributed by atoms with E-state index in [0.717, 1.165) is 12.1 Å². The molecule has 9 heteroatoms. The van der Waals surface area contributed by atoms with Gasteiger partial charge in [0.1, 0.15) is 12.8 Å². The average molecular weight is 350 g/mol. The van der Waals surface area contributed by atoms with E-state index in [1.807, 2.05) is 0 Å². The molecule has 0 atom stereocenters. The van der Waals surface area contributed by atoms with Crippen LogP contribution in [0.1, 0.15) is 23.1 Å². The van der Waals surface area contributed by atoms with Gasteiger partial charge >= 0.3 is 0 Å². The molecular formula is C15H7F7NO. The van der Waals surface area contributed by atoms with E-state index in [1.165, 1.54) is 12.1 Å². The highest BCUT2D eigenvalue weighted by Crippen LogP contribution is 2.23. The number of hydrogen-bond acceptors (Lipinski definition) is 2. The van der Waals surface area contributed by atoms with Crippen LogP contribution >= 0.6 is 0 Å². The maximum atomic E-state index is 13.3. The molecule has 2 nitrogen and oxygen atoms in total. The summed E-state index contributed by atoms with van der Waals surface area (Å²) in [5.74, 6) is -10.6. The van der Waals surface area contributed by atoms with Gasteiger partial charge in [0, 0.05) is 11.1 Å². The number of rotatable bonds is 5. The van der Waals surface area contributed by atoms with Gasteiger partial charge in [0.25, 0.3) is 6.43 Å². The molecule has 0 spiro atoms. The monoisotopic (exact) mass is 350 g/mol. The van der Waals surface area contributed by atoms with Gasteiger partial charge < -0.3 is 4.84 Å². The lowest BCUT2D eigenvalue weighted by Gasteiger charge is -2.06. The first-order chi connectivity index (χ1) is 11.3. The molecule has 0 saturated carbocycles. The summed E-state index contributed by atoms with van der Waals surface area (Å²) in [4.78, 5) is 4.43. The second kappa shape index (κ2) is 7.33. The molecule has 0 aromatic heterocycles. The van der Waals surface area contributed by atoms with Gasteiger partial charge in [-0.05, 0) is 6.07 Å². The van der Waals surface area contributed by atoms with E-state index in [2.05, 4.69) is 16.2 Å². The van der Waals surface area contributed by atoms with Gasteiger partial charge in [0.05, 0.1) is 5.56 Å². The molecule has 2 aromatic carbocycles. The van der Waals surface area contributed by atoms with Crippen molar-refractivity contribution in [3.63, 3.8) is 0 Å². The molecule has 0 bridgehead atoms. The van der Waals surface area contributed by atoms with Gasteiger partial charge in [-0.3, -0.25) is 0 Å². The molecule has 0 saturated heterocycles. The fourth-order valence-electron chi connectivity index (χ4n) is 1.70. The van der Waals surface area contributed by atoms with E-state index < -0.39 is 47.7 Å². The van der Waals surface area contributed by atoms with Crippen LogP contribution in [0.25, 0.3) is 0 Å². The molecule has 2 rings (SSSR count). The Morgan fingerprint density at radius 2 is 1.50 bits per heavy atom. The summed E-state index contributed by atoms with van der Waals surface area (Å²) in [5.41, 5.74) is -1.45. The van der Waals surface area contributed by atoms with Crippen LogP contribution in [-0.4, -0.2) is 6.21 Å². The molecular weight excluding hydrogens is 343 g/mol. The van der Waals surface area contributed by atoms with Crippen LogP contribution in [0.4, 0.5) is 30.7 Å². The average Bonchev–Trinajstić information content (AvgIpc) is 2.57. The zero-order chi connectivity index (χ0) is 17.9. The second-order valence-corrected chi connectivity index (χ2v) is 4.45. The summed E-state index contributed by atoms with van der Waals surface area (Å²) in [6.07, 6.45) is -0.569. The lowest BCUT2D eigenvalue weighted by atomic mass is 10.1. The zero-order valence-corrected chi connectivity index (χ0v) is 11.6. The Bertz CT molecular complexity index is 748. The summed E-state index contributed by atoms with van der Waals surface area (Å²) >= 11 is 0. The number of nitrogens with zero attached hydrogens (tertiary/aromatic N) is 1. The van der Waals surface area contributed by atoms with Crippen molar-refractivity contribution in [2.45, 2.75) is 13.0 Å². The van der Waals surface area contributed by atoms with Gasteiger partial charge in [-0.25, -0.2) is 30.7 Å². The number of alkyl halides is 2. The van der Waals surface area contributed by atoms with E-state index in [0.29, 0.717) is 0 Å². The minimum absolute atomic E-state index is 0.0743. The molecule has 0 amide bonds. The highest BCUT2D eigenvalue weighted by Gasteiger charge is 2.25. The van der Waals surface area contributed by atoms with Crippen molar-refractivity contribution in [2.24, 2.45) is 5.16 Å². The lowest BCUT2D eigenvalue weighted by Crippen LogP contribution is -2.07. The van der Waals surface area contributed by atoms with E-state index in [-0.39, 0.29) is 11.1 Å². The van der Waals surface area contributed by atoms with Crippen LogP contribution in [0.3, 0.4) is 0 Å². The van der Waals surface area contributed by atoms with Crippen molar-refractivity contribution in [2.75, 3.05) is 0 Å². The van der Waals surface area contributed by atoms with Gasteiger partial charge in [-0.2, -0.15) is 0 Å². The molecule has 0 aliphatic rings. The predicted molar refractivity (Wildman–Crippen MR) is 69.0 cm³/mol. The predicted octanol–water partition coefficient (Wildman–Crippen LogP) is 4.75. The van der Waals surface area contributed by atoms with Crippen LogP contribution in [0, 0.1) is 29.1 Å². The Balaban J connectivity index is 2.11. The van der Waals surface area contributed by atoms with Crippen LogP contribution in [0.15, 0.2) is 29.4 Å². The quantitative estimate of drug-likeness (QED) is 0.251. The molecule has 0 heterocycles. The van der Waals surface area contributed by atoms with Crippen LogP contribution in [0.5, 0.6) is 0 Å². The molecule has 24 heavy (non-hydrogen) atoms. The molecule has 0 aliphatic carbocycles. The highest BCUT2D eigenvalue weighted by molar-refractivity contribution is 5.79. The van der Waals surface area contributed by atoms with E-state index >= 15 is 0 Å². The van der Waals surface area contributed by atoms with E-state index in [9.17, 15) is 30.7 Å². The third-order valence-corrected chi connectivity index (χ3v) is 2.89. The minimum atomic E-state index is -2.72. The Hall–Kier alpha value is -2.58. The largest absolute Gasteiger partial charge is 0.390 e. The summed E-state index contributed by atoms with van der Waals surface area (Å²) in [5, 5.41) is 3.13. The van der Waals surface area contributed by atoms with E-state index in [1.54, 1.807) is 0 Å². The first-order valence-corrected chi connectivity index (χ1v) is 6.29. The minimum Gasteiger partial charge on any atom is -0.390 e. The maximum Gasteiger partial charge on any atom is 0.263 e. The van der Waals surface area contributed by atoms with Gasteiger partial charge in [-0.15, -0.1) is 0 Å². The number of hydrogen-bond donors (Lipinski definition) is 0. The third kappa shape index (κ3) is 3.66. The van der Waals surface area contributed by atoms with Crippen LogP contribution in [-0.2, 0) is 11.4 Å². The molecule has 0 aliphatic heterocycles. The number of halogens is 7. The van der Waals surface area contributed by atoms with Crippen LogP contribution < -0.4 is 0 Å². The molecule has 0 fully saturated rings. The zero-order valence-electron chi connectivity index (χ0n) is 11.6. The smallest absolute Gasteiger partial charge is 0.263 e. The topological polar surface area (TPSA) is 21.6 Å². The van der Waals surface area contributed by atoms with Crippen LogP contribution in [0.2, 0.25) is 0 Å². The molecule has 0 N–H and O–H groups in total. The van der Waals surface area contributed by atoms with Crippen molar-refractivity contribution >= 4 is 6.21 Å².